The van der Waals surface area contributed by atoms with Gasteiger partial charge in [0.25, 0.3) is 5.91 Å². The number of carbonyl (C=O) groups is 2. The highest BCUT2D eigenvalue weighted by Crippen LogP contribution is 2.38. The molecule has 0 aliphatic carbocycles. The molecule has 4 aromatic rings. The van der Waals surface area contributed by atoms with E-state index in [1.165, 1.54) is 25.3 Å². The molecule has 0 unspecified atom stereocenters. The molecule has 0 aliphatic heterocycles. The van der Waals surface area contributed by atoms with Gasteiger partial charge >= 0.3 is 5.97 Å². The highest BCUT2D eigenvalue weighted by molar-refractivity contribution is 6.32. The number of halogens is 1. The molecule has 0 radical (unpaired) electrons. The summed E-state index contributed by atoms with van der Waals surface area (Å²) in [4.78, 5) is 24.6. The predicted molar refractivity (Wildman–Crippen MR) is 151 cm³/mol. The molecule has 7 nitrogen and oxygen atoms in total. The third-order valence-corrected chi connectivity index (χ3v) is 6.11. The molecule has 4 rings (SSSR count). The quantitative estimate of drug-likeness (QED) is 0.142. The lowest BCUT2D eigenvalue weighted by molar-refractivity contribution is -0.112. The number of hydrogen-bond donors (Lipinski definition) is 1. The number of ether oxygens (including phenoxy) is 3. The first-order chi connectivity index (χ1) is 18.9. The minimum Gasteiger partial charge on any atom is -0.493 e. The van der Waals surface area contributed by atoms with Crippen LogP contribution in [0.4, 0.5) is 5.69 Å². The van der Waals surface area contributed by atoms with E-state index < -0.39 is 11.9 Å². The van der Waals surface area contributed by atoms with Gasteiger partial charge in [-0.25, -0.2) is 4.79 Å². The number of rotatable bonds is 9. The molecule has 0 spiro atoms. The van der Waals surface area contributed by atoms with Crippen LogP contribution in [0.3, 0.4) is 0 Å². The Bertz CT molecular complexity index is 1580. The molecule has 196 valence electrons. The molecular weight excluding hydrogens is 516 g/mol. The summed E-state index contributed by atoms with van der Waals surface area (Å²) in [5.41, 5.74) is 2.11. The SMILES string of the molecule is CCOC(=O)c1ccc(NC(=O)/C(C#N)=C/c2cc(Cl)c(OCc3cccc4ccccc34)c(OC)c2)cc1. The lowest BCUT2D eigenvalue weighted by Gasteiger charge is -2.14. The van der Waals surface area contributed by atoms with Crippen molar-refractivity contribution in [3.8, 4) is 17.6 Å². The Labute approximate surface area is 231 Å². The highest BCUT2D eigenvalue weighted by atomic mass is 35.5. The third kappa shape index (κ3) is 6.56. The lowest BCUT2D eigenvalue weighted by atomic mass is 10.1. The van der Waals surface area contributed by atoms with E-state index in [9.17, 15) is 14.9 Å². The number of anilines is 1. The number of nitrogens with zero attached hydrogens (tertiary/aromatic N) is 1. The Morgan fingerprint density at radius 3 is 2.49 bits per heavy atom. The zero-order valence-electron chi connectivity index (χ0n) is 21.4. The molecule has 8 heteroatoms. The maximum Gasteiger partial charge on any atom is 0.338 e. The normalized spacial score (nSPS) is 11.0. The average molecular weight is 541 g/mol. The Balaban J connectivity index is 1.51. The Morgan fingerprint density at radius 1 is 1.03 bits per heavy atom. The number of fused-ring (bicyclic) bond motifs is 1. The summed E-state index contributed by atoms with van der Waals surface area (Å²) in [6.07, 6.45) is 1.41. The van der Waals surface area contributed by atoms with Gasteiger partial charge in [0.2, 0.25) is 0 Å². The van der Waals surface area contributed by atoms with Crippen molar-refractivity contribution < 1.29 is 23.8 Å². The van der Waals surface area contributed by atoms with Gasteiger partial charge in [-0.3, -0.25) is 4.79 Å². The van der Waals surface area contributed by atoms with Gasteiger partial charge in [0, 0.05) is 5.69 Å². The number of methoxy groups -OCH3 is 1. The molecule has 1 N–H and O–H groups in total. The van der Waals surface area contributed by atoms with Gasteiger partial charge < -0.3 is 19.5 Å². The van der Waals surface area contributed by atoms with E-state index in [1.807, 2.05) is 48.5 Å². The molecule has 4 aromatic carbocycles. The molecule has 0 atom stereocenters. The van der Waals surface area contributed by atoms with E-state index >= 15 is 0 Å². The van der Waals surface area contributed by atoms with Crippen molar-refractivity contribution in [1.82, 2.24) is 0 Å². The standard InChI is InChI=1S/C31H25ClN2O5/c1-3-38-31(36)22-11-13-25(14-12-22)34-30(35)24(18-33)15-20-16-27(32)29(28(17-20)37-2)39-19-23-9-6-8-21-7-4-5-10-26(21)23/h4-17H,3,19H2,1-2H3,(H,34,35)/b24-15+. The summed E-state index contributed by atoms with van der Waals surface area (Å²) in [5.74, 6) is -0.355. The first kappa shape index (κ1) is 27.2. The molecule has 0 aliphatic rings. The second-order valence-electron chi connectivity index (χ2n) is 8.38. The van der Waals surface area contributed by atoms with Gasteiger partial charge in [-0.05, 0) is 71.3 Å². The van der Waals surface area contributed by atoms with Gasteiger partial charge in [0.1, 0.15) is 18.2 Å². The summed E-state index contributed by atoms with van der Waals surface area (Å²) >= 11 is 6.54. The smallest absolute Gasteiger partial charge is 0.338 e. The Hall–Kier alpha value is -4.80. The third-order valence-electron chi connectivity index (χ3n) is 5.83. The molecule has 1 amide bonds. The van der Waals surface area contributed by atoms with E-state index in [1.54, 1.807) is 31.2 Å². The molecular formula is C31H25ClN2O5. The van der Waals surface area contributed by atoms with E-state index in [4.69, 9.17) is 25.8 Å². The van der Waals surface area contributed by atoms with Crippen LogP contribution >= 0.6 is 11.6 Å². The molecule has 0 saturated heterocycles. The summed E-state index contributed by atoms with van der Waals surface area (Å²) in [6, 6.07) is 25.4. The fourth-order valence-electron chi connectivity index (χ4n) is 3.95. The van der Waals surface area contributed by atoms with Crippen molar-refractivity contribution in [1.29, 1.82) is 5.26 Å². The monoisotopic (exact) mass is 540 g/mol. The van der Waals surface area contributed by atoms with Crippen molar-refractivity contribution in [3.05, 3.63) is 106 Å². The number of hydrogen-bond acceptors (Lipinski definition) is 6. The van der Waals surface area contributed by atoms with Gasteiger partial charge in [0.15, 0.2) is 11.5 Å². The van der Waals surface area contributed by atoms with Crippen LogP contribution in [-0.4, -0.2) is 25.6 Å². The van der Waals surface area contributed by atoms with Crippen molar-refractivity contribution in [3.63, 3.8) is 0 Å². The number of nitrogens with one attached hydrogen (secondary N) is 1. The van der Waals surface area contributed by atoms with E-state index in [-0.39, 0.29) is 23.8 Å². The van der Waals surface area contributed by atoms with E-state index in [0.717, 1.165) is 16.3 Å². The molecule has 39 heavy (non-hydrogen) atoms. The van der Waals surface area contributed by atoms with Gasteiger partial charge in [0.05, 0.1) is 24.3 Å². The largest absolute Gasteiger partial charge is 0.493 e. The minimum atomic E-state index is -0.618. The van der Waals surface area contributed by atoms with E-state index in [0.29, 0.717) is 28.3 Å². The summed E-state index contributed by atoms with van der Waals surface area (Å²) in [5, 5.41) is 14.7. The Kier molecular flexibility index (Phi) is 8.82. The number of nitriles is 1. The van der Waals surface area contributed by atoms with Gasteiger partial charge in [-0.2, -0.15) is 5.26 Å². The average Bonchev–Trinajstić information content (AvgIpc) is 2.95. The van der Waals surface area contributed by atoms with Crippen molar-refractivity contribution in [2.45, 2.75) is 13.5 Å². The maximum absolute atomic E-state index is 12.8. The molecule has 0 bridgehead atoms. The molecule has 0 aromatic heterocycles. The summed E-state index contributed by atoms with van der Waals surface area (Å²) in [6.45, 7) is 2.26. The number of carbonyl (C=O) groups excluding carboxylic acids is 2. The maximum atomic E-state index is 12.8. The van der Waals surface area contributed by atoms with Crippen LogP contribution in [-0.2, 0) is 16.1 Å². The number of benzene rings is 4. The summed E-state index contributed by atoms with van der Waals surface area (Å²) < 4.78 is 16.5. The van der Waals surface area contributed by atoms with Crippen LogP contribution in [0.15, 0.2) is 84.4 Å². The first-order valence-electron chi connectivity index (χ1n) is 12.1. The topological polar surface area (TPSA) is 97.7 Å². The number of amides is 1. The molecule has 0 heterocycles. The van der Waals surface area contributed by atoms with Crippen molar-refractivity contribution in [2.24, 2.45) is 0 Å². The number of esters is 1. The van der Waals surface area contributed by atoms with Crippen LogP contribution < -0.4 is 14.8 Å². The first-order valence-corrected chi connectivity index (χ1v) is 12.5. The highest BCUT2D eigenvalue weighted by Gasteiger charge is 2.15. The zero-order valence-corrected chi connectivity index (χ0v) is 22.1. The Morgan fingerprint density at radius 2 is 1.77 bits per heavy atom. The molecule has 0 saturated carbocycles. The van der Waals surface area contributed by atoms with Crippen molar-refractivity contribution >= 4 is 46.0 Å². The van der Waals surface area contributed by atoms with Gasteiger partial charge in [-0.1, -0.05) is 54.1 Å². The second kappa shape index (κ2) is 12.6. The van der Waals surface area contributed by atoms with Crippen LogP contribution in [0.25, 0.3) is 16.8 Å². The van der Waals surface area contributed by atoms with Crippen LogP contribution in [0.5, 0.6) is 11.5 Å². The lowest BCUT2D eigenvalue weighted by Crippen LogP contribution is -2.13. The van der Waals surface area contributed by atoms with Gasteiger partial charge in [-0.15, -0.1) is 0 Å². The van der Waals surface area contributed by atoms with Crippen molar-refractivity contribution in [2.75, 3.05) is 19.0 Å². The van der Waals surface area contributed by atoms with Crippen LogP contribution in [0, 0.1) is 11.3 Å². The fourth-order valence-corrected chi connectivity index (χ4v) is 4.22. The predicted octanol–water partition coefficient (Wildman–Crippen LogP) is 6.80. The fraction of sp³-hybridized carbons (Fsp3) is 0.129. The molecule has 0 fully saturated rings. The van der Waals surface area contributed by atoms with Crippen LogP contribution in [0.2, 0.25) is 5.02 Å². The minimum absolute atomic E-state index is 0.146. The summed E-state index contributed by atoms with van der Waals surface area (Å²) in [7, 11) is 1.49. The van der Waals surface area contributed by atoms with E-state index in [2.05, 4.69) is 5.32 Å². The van der Waals surface area contributed by atoms with Crippen LogP contribution in [0.1, 0.15) is 28.4 Å². The zero-order chi connectivity index (χ0) is 27.8. The second-order valence-corrected chi connectivity index (χ2v) is 8.79.